The third-order valence-corrected chi connectivity index (χ3v) is 2.05. The second kappa shape index (κ2) is 4.52. The summed E-state index contributed by atoms with van der Waals surface area (Å²) in [5.41, 5.74) is 8.11. The van der Waals surface area contributed by atoms with Crippen LogP contribution in [-0.4, -0.2) is 30.4 Å². The Kier molecular flexibility index (Phi) is 3.34. The molecule has 1 atom stereocenters. The van der Waals surface area contributed by atoms with E-state index in [2.05, 4.69) is 16.6 Å². The van der Waals surface area contributed by atoms with Gasteiger partial charge in [-0.2, -0.15) is 0 Å². The number of nitrogens with zero attached hydrogens (tertiary/aromatic N) is 4. The lowest BCUT2D eigenvalue weighted by atomic mass is 10.1. The highest BCUT2D eigenvalue weighted by molar-refractivity contribution is 5.78. The molecule has 1 fully saturated rings. The highest BCUT2D eigenvalue weighted by Crippen LogP contribution is 2.17. The Morgan fingerprint density at radius 2 is 2.62 bits per heavy atom. The first-order valence-corrected chi connectivity index (χ1v) is 4.17. The van der Waals surface area contributed by atoms with Gasteiger partial charge in [-0.3, -0.25) is 4.79 Å². The average Bonchev–Trinajstić information content (AvgIpc) is 2.45. The van der Waals surface area contributed by atoms with Gasteiger partial charge in [0.15, 0.2) is 0 Å². The molecule has 0 spiro atoms. The van der Waals surface area contributed by atoms with Crippen LogP contribution in [0.25, 0.3) is 10.4 Å². The summed E-state index contributed by atoms with van der Waals surface area (Å²) >= 11 is 0. The molecule has 70 valence electrons. The van der Waals surface area contributed by atoms with Gasteiger partial charge in [0.2, 0.25) is 5.91 Å². The second-order valence-electron chi connectivity index (χ2n) is 3.07. The summed E-state index contributed by atoms with van der Waals surface area (Å²) in [4.78, 5) is 15.7. The minimum Gasteiger partial charge on any atom is -0.339 e. The van der Waals surface area contributed by atoms with Crippen LogP contribution in [0.2, 0.25) is 0 Å². The zero-order valence-electron chi connectivity index (χ0n) is 7.39. The molecule has 1 unspecified atom stereocenters. The fraction of sp³-hybridized carbons (Fsp3) is 0.625. The topological polar surface area (TPSA) is 69.1 Å². The molecular weight excluding hydrogens is 168 g/mol. The van der Waals surface area contributed by atoms with E-state index in [0.717, 1.165) is 0 Å². The smallest absolute Gasteiger partial charge is 0.223 e. The normalized spacial score (nSPS) is 21.4. The maximum absolute atomic E-state index is 11.3. The molecule has 0 radical (unpaired) electrons. The van der Waals surface area contributed by atoms with Crippen LogP contribution in [0, 0.1) is 5.92 Å². The number of amides is 1. The number of carbonyl (C=O) groups excluding carboxylic acids is 1. The van der Waals surface area contributed by atoms with Gasteiger partial charge in [-0.25, -0.2) is 0 Å². The minimum atomic E-state index is 0.123. The standard InChI is InChI=1S/C8H12N4O/c1-2-3-12-6-7(4-8(12)13)5-10-11-9/h2,7H,1,3-6H2. The summed E-state index contributed by atoms with van der Waals surface area (Å²) in [5, 5.41) is 3.46. The number of carbonyl (C=O) groups is 1. The fourth-order valence-corrected chi connectivity index (χ4v) is 1.46. The lowest BCUT2D eigenvalue weighted by Crippen LogP contribution is -2.25. The van der Waals surface area contributed by atoms with Crippen molar-refractivity contribution in [3.8, 4) is 0 Å². The van der Waals surface area contributed by atoms with Crippen LogP contribution >= 0.6 is 0 Å². The van der Waals surface area contributed by atoms with Crippen LogP contribution in [0.4, 0.5) is 0 Å². The van der Waals surface area contributed by atoms with Gasteiger partial charge in [-0.05, 0) is 11.4 Å². The quantitative estimate of drug-likeness (QED) is 0.278. The molecule has 13 heavy (non-hydrogen) atoms. The predicted octanol–water partition coefficient (Wildman–Crippen LogP) is 1.33. The van der Waals surface area contributed by atoms with Crippen molar-refractivity contribution in [3.63, 3.8) is 0 Å². The summed E-state index contributed by atoms with van der Waals surface area (Å²) in [6, 6.07) is 0. The van der Waals surface area contributed by atoms with Crippen LogP contribution in [0.5, 0.6) is 0 Å². The lowest BCUT2D eigenvalue weighted by molar-refractivity contribution is -0.127. The molecule has 0 bridgehead atoms. The molecule has 1 saturated heterocycles. The van der Waals surface area contributed by atoms with Crippen LogP contribution in [-0.2, 0) is 4.79 Å². The Balaban J connectivity index is 2.44. The van der Waals surface area contributed by atoms with Gasteiger partial charge in [0.1, 0.15) is 0 Å². The van der Waals surface area contributed by atoms with E-state index < -0.39 is 0 Å². The molecule has 0 aromatic carbocycles. The van der Waals surface area contributed by atoms with Gasteiger partial charge >= 0.3 is 0 Å². The molecule has 0 aliphatic carbocycles. The molecule has 5 heteroatoms. The molecule has 0 N–H and O–H groups in total. The first kappa shape index (κ1) is 9.61. The lowest BCUT2D eigenvalue weighted by Gasteiger charge is -2.12. The largest absolute Gasteiger partial charge is 0.339 e. The van der Waals surface area contributed by atoms with Crippen LogP contribution in [0.15, 0.2) is 17.8 Å². The van der Waals surface area contributed by atoms with Gasteiger partial charge in [0.05, 0.1) is 0 Å². The molecule has 0 aromatic rings. The minimum absolute atomic E-state index is 0.123. The number of azide groups is 1. The van der Waals surface area contributed by atoms with Crippen LogP contribution in [0.3, 0.4) is 0 Å². The average molecular weight is 180 g/mol. The van der Waals surface area contributed by atoms with E-state index in [1.54, 1.807) is 11.0 Å². The SMILES string of the molecule is C=CCN1CC(CN=[N+]=[N-])CC1=O. The summed E-state index contributed by atoms with van der Waals surface area (Å²) in [7, 11) is 0. The molecule has 1 rings (SSSR count). The molecule has 5 nitrogen and oxygen atoms in total. The van der Waals surface area contributed by atoms with Crippen molar-refractivity contribution in [3.05, 3.63) is 23.1 Å². The Hall–Kier alpha value is -1.48. The maximum atomic E-state index is 11.3. The van der Waals surface area contributed by atoms with Gasteiger partial charge in [-0.1, -0.05) is 11.2 Å². The fourth-order valence-electron chi connectivity index (χ4n) is 1.46. The monoisotopic (exact) mass is 180 g/mol. The first-order valence-electron chi connectivity index (χ1n) is 4.17. The molecular formula is C8H12N4O. The Bertz CT molecular complexity index is 257. The van der Waals surface area contributed by atoms with E-state index in [-0.39, 0.29) is 11.8 Å². The van der Waals surface area contributed by atoms with Gasteiger partial charge in [-0.15, -0.1) is 6.58 Å². The molecule has 1 amide bonds. The van der Waals surface area contributed by atoms with Gasteiger partial charge < -0.3 is 4.90 Å². The Morgan fingerprint density at radius 3 is 3.23 bits per heavy atom. The van der Waals surface area contributed by atoms with E-state index in [4.69, 9.17) is 5.53 Å². The van der Waals surface area contributed by atoms with Crippen molar-refractivity contribution in [1.82, 2.24) is 4.90 Å². The highest BCUT2D eigenvalue weighted by Gasteiger charge is 2.27. The van der Waals surface area contributed by atoms with Crippen LogP contribution in [0.1, 0.15) is 6.42 Å². The Labute approximate surface area is 76.7 Å². The van der Waals surface area contributed by atoms with E-state index in [1.807, 2.05) is 0 Å². The van der Waals surface area contributed by atoms with E-state index in [1.165, 1.54) is 0 Å². The van der Waals surface area contributed by atoms with Crippen molar-refractivity contribution < 1.29 is 4.79 Å². The number of hydrogen-bond acceptors (Lipinski definition) is 2. The Morgan fingerprint density at radius 1 is 1.85 bits per heavy atom. The number of rotatable bonds is 4. The zero-order valence-corrected chi connectivity index (χ0v) is 7.39. The summed E-state index contributed by atoms with van der Waals surface area (Å²) < 4.78 is 0. The maximum Gasteiger partial charge on any atom is 0.223 e. The van der Waals surface area contributed by atoms with Crippen molar-refractivity contribution in [1.29, 1.82) is 0 Å². The van der Waals surface area contributed by atoms with Gasteiger partial charge in [0.25, 0.3) is 0 Å². The number of hydrogen-bond donors (Lipinski definition) is 0. The number of likely N-dealkylation sites (tertiary alicyclic amines) is 1. The molecule has 1 aliphatic heterocycles. The van der Waals surface area contributed by atoms with Crippen molar-refractivity contribution in [2.24, 2.45) is 11.0 Å². The highest BCUT2D eigenvalue weighted by atomic mass is 16.2. The third-order valence-electron chi connectivity index (χ3n) is 2.05. The van der Waals surface area contributed by atoms with Crippen molar-refractivity contribution in [2.45, 2.75) is 6.42 Å². The summed E-state index contributed by atoms with van der Waals surface area (Å²) in [5.74, 6) is 0.307. The molecule has 0 aromatic heterocycles. The summed E-state index contributed by atoms with van der Waals surface area (Å²) in [6.45, 7) is 5.26. The molecule has 1 heterocycles. The van der Waals surface area contributed by atoms with E-state index in [9.17, 15) is 4.79 Å². The molecule has 1 aliphatic rings. The van der Waals surface area contributed by atoms with Crippen LogP contribution < -0.4 is 0 Å². The summed E-state index contributed by atoms with van der Waals surface area (Å²) in [6.07, 6.45) is 2.20. The zero-order chi connectivity index (χ0) is 9.68. The van der Waals surface area contributed by atoms with Crippen molar-refractivity contribution >= 4 is 5.91 Å². The van der Waals surface area contributed by atoms with E-state index >= 15 is 0 Å². The predicted molar refractivity (Wildman–Crippen MR) is 48.9 cm³/mol. The third kappa shape index (κ3) is 2.49. The molecule has 0 saturated carbocycles. The van der Waals surface area contributed by atoms with E-state index in [0.29, 0.717) is 26.1 Å². The van der Waals surface area contributed by atoms with Gasteiger partial charge in [0, 0.05) is 31.0 Å². The second-order valence-corrected chi connectivity index (χ2v) is 3.07. The van der Waals surface area contributed by atoms with Crippen molar-refractivity contribution in [2.75, 3.05) is 19.6 Å². The first-order chi connectivity index (χ1) is 6.27.